The predicted octanol–water partition coefficient (Wildman–Crippen LogP) is 7.49. The first-order valence-corrected chi connectivity index (χ1v) is 11.8. The van der Waals surface area contributed by atoms with E-state index < -0.39 is 0 Å². The topological polar surface area (TPSA) is 65.2 Å². The molecule has 0 heterocycles. The summed E-state index contributed by atoms with van der Waals surface area (Å²) in [5, 5.41) is 19.1. The van der Waals surface area contributed by atoms with Gasteiger partial charge in [-0.05, 0) is 118 Å². The summed E-state index contributed by atoms with van der Waals surface area (Å²) < 4.78 is 2.36. The van der Waals surface area contributed by atoms with Crippen LogP contribution in [0.3, 0.4) is 0 Å². The minimum atomic E-state index is 0. The summed E-state index contributed by atoms with van der Waals surface area (Å²) in [6, 6.07) is 30.0. The Morgan fingerprint density at radius 3 is 1.18 bits per heavy atom. The smallest absolute Gasteiger partial charge is 0.124 e. The van der Waals surface area contributed by atoms with Crippen molar-refractivity contribution in [2.75, 3.05) is 0 Å². The average Bonchev–Trinajstić information content (AvgIpc) is 2.81. The van der Waals surface area contributed by atoms with Crippen LogP contribution in [0.5, 0.6) is 11.5 Å². The number of para-hydroxylation sites is 2. The molecule has 169 valence electrons. The third-order valence-electron chi connectivity index (χ3n) is 4.23. The fraction of sp³-hybridized carbons (Fsp3) is 0. The van der Waals surface area contributed by atoms with E-state index in [4.69, 9.17) is 0 Å². The van der Waals surface area contributed by atoms with Crippen LogP contribution in [0.25, 0.3) is 0 Å². The van der Waals surface area contributed by atoms with Gasteiger partial charge >= 0.3 is 0 Å². The van der Waals surface area contributed by atoms with Crippen molar-refractivity contribution in [1.82, 2.24) is 0 Å². The Morgan fingerprint density at radius 1 is 0.515 bits per heavy atom. The van der Waals surface area contributed by atoms with Crippen molar-refractivity contribution in [1.29, 1.82) is 0 Å². The van der Waals surface area contributed by atoms with E-state index in [1.807, 2.05) is 72.8 Å². The van der Waals surface area contributed by atoms with Crippen LogP contribution in [-0.4, -0.2) is 22.6 Å². The molecule has 4 rings (SSSR count). The zero-order valence-corrected chi connectivity index (χ0v) is 22.6. The Balaban J connectivity index is 0.000000227. The zero-order chi connectivity index (χ0) is 22.8. The average molecular weight is 705 g/mol. The standard InChI is InChI=1S/2C13H10INO.Co/c2*14-11-5-7-12(8-6-11)15-9-10-3-1-2-4-13(10)16;/h2*1-9,16H;. The number of hydrogen-bond acceptors (Lipinski definition) is 4. The van der Waals surface area contributed by atoms with Crippen LogP contribution in [0, 0.1) is 7.14 Å². The monoisotopic (exact) mass is 705 g/mol. The number of benzene rings is 4. The quantitative estimate of drug-likeness (QED) is 0.171. The number of halogens is 2. The van der Waals surface area contributed by atoms with Crippen molar-refractivity contribution in [3.05, 3.63) is 115 Å². The predicted molar refractivity (Wildman–Crippen MR) is 149 cm³/mol. The molecule has 0 bridgehead atoms. The van der Waals surface area contributed by atoms with Crippen molar-refractivity contribution in [2.24, 2.45) is 9.98 Å². The fourth-order valence-electron chi connectivity index (χ4n) is 2.54. The summed E-state index contributed by atoms with van der Waals surface area (Å²) in [7, 11) is 0. The maximum atomic E-state index is 9.54. The minimum Gasteiger partial charge on any atom is -0.507 e. The molecule has 33 heavy (non-hydrogen) atoms. The van der Waals surface area contributed by atoms with Crippen molar-refractivity contribution >= 4 is 69.0 Å². The summed E-state index contributed by atoms with van der Waals surface area (Å²) in [5.74, 6) is 0.494. The molecule has 4 nitrogen and oxygen atoms in total. The third-order valence-corrected chi connectivity index (χ3v) is 5.67. The van der Waals surface area contributed by atoms with Gasteiger partial charge in [0.2, 0.25) is 0 Å². The van der Waals surface area contributed by atoms with Crippen LogP contribution >= 0.6 is 45.2 Å². The van der Waals surface area contributed by atoms with Crippen LogP contribution in [0.15, 0.2) is 107 Å². The van der Waals surface area contributed by atoms with Crippen molar-refractivity contribution in [3.63, 3.8) is 0 Å². The summed E-state index contributed by atoms with van der Waals surface area (Å²) in [6.45, 7) is 0. The van der Waals surface area contributed by atoms with E-state index in [1.54, 1.807) is 36.7 Å². The molecule has 7 heteroatoms. The first-order chi connectivity index (χ1) is 15.5. The van der Waals surface area contributed by atoms with E-state index in [9.17, 15) is 10.2 Å². The van der Waals surface area contributed by atoms with Crippen LogP contribution in [-0.2, 0) is 16.8 Å². The largest absolute Gasteiger partial charge is 0.507 e. The van der Waals surface area contributed by atoms with E-state index >= 15 is 0 Å². The van der Waals surface area contributed by atoms with Crippen LogP contribution in [0.2, 0.25) is 0 Å². The van der Waals surface area contributed by atoms with Crippen molar-refractivity contribution in [2.45, 2.75) is 0 Å². The molecule has 0 amide bonds. The Morgan fingerprint density at radius 2 is 0.848 bits per heavy atom. The Kier molecular flexibility index (Phi) is 11.6. The molecule has 4 aromatic carbocycles. The van der Waals surface area contributed by atoms with Crippen LogP contribution in [0.1, 0.15) is 11.1 Å². The molecule has 0 unspecified atom stereocenters. The van der Waals surface area contributed by atoms with E-state index in [0.717, 1.165) is 22.5 Å². The molecule has 0 fully saturated rings. The molecule has 0 atom stereocenters. The maximum absolute atomic E-state index is 9.54. The molecular formula is C26H20CoI2N2O2. The van der Waals surface area contributed by atoms with Gasteiger partial charge in [-0.3, -0.25) is 9.98 Å². The molecule has 0 aliphatic rings. The summed E-state index contributed by atoms with van der Waals surface area (Å²) >= 11 is 4.50. The molecule has 0 aliphatic carbocycles. The van der Waals surface area contributed by atoms with Gasteiger partial charge in [0.1, 0.15) is 11.5 Å². The number of aromatic hydroxyl groups is 2. The second-order valence-electron chi connectivity index (χ2n) is 6.59. The van der Waals surface area contributed by atoms with E-state index in [-0.39, 0.29) is 28.3 Å². The summed E-state index contributed by atoms with van der Waals surface area (Å²) in [5.41, 5.74) is 3.20. The van der Waals surface area contributed by atoms with Crippen molar-refractivity contribution < 1.29 is 27.0 Å². The summed E-state index contributed by atoms with van der Waals surface area (Å²) in [4.78, 5) is 8.58. The van der Waals surface area contributed by atoms with Gasteiger partial charge in [0.15, 0.2) is 0 Å². The normalized spacial score (nSPS) is 10.5. The number of rotatable bonds is 4. The molecule has 0 spiro atoms. The van der Waals surface area contributed by atoms with Gasteiger partial charge in [0.25, 0.3) is 0 Å². The van der Waals surface area contributed by atoms with Gasteiger partial charge in [-0.25, -0.2) is 0 Å². The number of aliphatic imine (C=N–C) groups is 2. The van der Waals surface area contributed by atoms with Gasteiger partial charge in [-0.2, -0.15) is 0 Å². The number of nitrogens with zero attached hydrogens (tertiary/aromatic N) is 2. The van der Waals surface area contributed by atoms with Crippen molar-refractivity contribution in [3.8, 4) is 11.5 Å². The molecule has 2 N–H and O–H groups in total. The van der Waals surface area contributed by atoms with E-state index in [0.29, 0.717) is 0 Å². The van der Waals surface area contributed by atoms with Gasteiger partial charge in [0.05, 0.1) is 11.4 Å². The minimum absolute atomic E-state index is 0. The molecule has 0 saturated carbocycles. The van der Waals surface area contributed by atoms with E-state index in [2.05, 4.69) is 55.2 Å². The SMILES string of the molecule is Oc1ccccc1C=Nc1ccc(I)cc1.Oc1ccccc1C=Nc1ccc(I)cc1.[Co]. The molecule has 0 saturated heterocycles. The summed E-state index contributed by atoms with van der Waals surface area (Å²) in [6.07, 6.45) is 3.33. The Bertz CT molecular complexity index is 1110. The number of phenols is 2. The van der Waals surface area contributed by atoms with Crippen LogP contribution in [0.4, 0.5) is 11.4 Å². The first kappa shape index (κ1) is 27.0. The van der Waals surface area contributed by atoms with Gasteiger partial charge in [-0.15, -0.1) is 0 Å². The number of hydrogen-bond donors (Lipinski definition) is 2. The molecule has 0 aliphatic heterocycles. The van der Waals surface area contributed by atoms with Gasteiger partial charge in [-0.1, -0.05) is 24.3 Å². The second-order valence-corrected chi connectivity index (χ2v) is 9.08. The Labute approximate surface area is 231 Å². The maximum Gasteiger partial charge on any atom is 0.124 e. The molecular weight excluding hydrogens is 685 g/mol. The molecule has 1 radical (unpaired) electrons. The molecule has 0 aromatic heterocycles. The van der Waals surface area contributed by atoms with E-state index in [1.165, 1.54) is 7.14 Å². The molecule has 4 aromatic rings. The van der Waals surface area contributed by atoms with Gasteiger partial charge < -0.3 is 10.2 Å². The Hall–Kier alpha value is -2.21. The third kappa shape index (κ3) is 9.28. The zero-order valence-electron chi connectivity index (χ0n) is 17.3. The fourth-order valence-corrected chi connectivity index (χ4v) is 3.26. The van der Waals surface area contributed by atoms with Crippen LogP contribution < -0.4 is 0 Å². The number of phenolic OH excluding ortho intramolecular Hbond substituents is 2. The second kappa shape index (κ2) is 14.1. The first-order valence-electron chi connectivity index (χ1n) is 9.66. The van der Waals surface area contributed by atoms with Gasteiger partial charge in [0, 0.05) is 47.5 Å².